The van der Waals surface area contributed by atoms with Crippen molar-refractivity contribution < 1.29 is 4.79 Å². The number of nitrogens with one attached hydrogen (secondary N) is 2. The number of hydrogen-bond donors (Lipinski definition) is 2. The Kier molecular flexibility index (Phi) is 5.60. The zero-order valence-corrected chi connectivity index (χ0v) is 21.6. The number of aryl methyl sites for hydroxylation is 2. The number of amides is 1. The maximum atomic E-state index is 12.3. The van der Waals surface area contributed by atoms with Crippen LogP contribution in [0.2, 0.25) is 0 Å². The van der Waals surface area contributed by atoms with Gasteiger partial charge in [0.15, 0.2) is 0 Å². The number of aromatic amines is 1. The second kappa shape index (κ2) is 8.82. The maximum absolute atomic E-state index is 12.3. The lowest BCUT2D eigenvalue weighted by Gasteiger charge is -2.46. The molecule has 2 N–H and O–H groups in total. The number of nitrogens with zero attached hydrogens (tertiary/aromatic N) is 4. The normalized spacial score (nSPS) is 19.1. The van der Waals surface area contributed by atoms with Crippen LogP contribution in [-0.4, -0.2) is 79.8 Å². The van der Waals surface area contributed by atoms with Crippen molar-refractivity contribution in [1.29, 1.82) is 0 Å². The van der Waals surface area contributed by atoms with Crippen molar-refractivity contribution in [2.24, 2.45) is 4.99 Å². The van der Waals surface area contributed by atoms with Crippen LogP contribution in [0, 0.1) is 6.92 Å². The molecule has 36 heavy (non-hydrogen) atoms. The zero-order chi connectivity index (χ0) is 25.0. The van der Waals surface area contributed by atoms with E-state index in [4.69, 9.17) is 4.99 Å². The van der Waals surface area contributed by atoms with Gasteiger partial charge in [0.25, 0.3) is 5.91 Å². The number of piperazine rings is 1. The molecule has 1 saturated heterocycles. The molecule has 0 radical (unpaired) electrons. The second-order valence-electron chi connectivity index (χ2n) is 10.6. The standard InChI is InChI=1S/C29H34N6O/c1-18-13-22(14-21-9-10-23-17-34(4)11-12-35(23)27(18)21)25-16-31-28-26(32-25)24(15-30-28)19-5-7-20(8-6-19)29(36)33(2)3/h5-8,13-15,23,30-31H,9-12,16-17H2,1-4H3/t23-/m0/s1. The van der Waals surface area contributed by atoms with Crippen LogP contribution in [0.4, 0.5) is 17.2 Å². The summed E-state index contributed by atoms with van der Waals surface area (Å²) in [5.74, 6) is 0.947. The molecule has 7 nitrogen and oxygen atoms in total. The van der Waals surface area contributed by atoms with Crippen molar-refractivity contribution in [3.05, 3.63) is 64.8 Å². The highest BCUT2D eigenvalue weighted by Gasteiger charge is 2.32. The van der Waals surface area contributed by atoms with E-state index in [1.165, 1.54) is 28.8 Å². The largest absolute Gasteiger partial charge is 0.366 e. The fourth-order valence-electron chi connectivity index (χ4n) is 5.95. The van der Waals surface area contributed by atoms with Gasteiger partial charge in [-0.25, -0.2) is 4.99 Å². The average Bonchev–Trinajstić information content (AvgIpc) is 3.31. The highest BCUT2D eigenvalue weighted by molar-refractivity contribution is 6.09. The SMILES string of the molecule is Cc1cc(C2=Nc3c(-c4ccc(C(=O)N(C)C)cc4)c[nH]c3NC2)cc2c1N1CCN(C)C[C@@H]1CC2. The Hall–Kier alpha value is -3.58. The Morgan fingerprint density at radius 3 is 2.69 bits per heavy atom. The Morgan fingerprint density at radius 2 is 1.92 bits per heavy atom. The molecule has 3 aliphatic rings. The maximum Gasteiger partial charge on any atom is 0.253 e. The third-order valence-corrected chi connectivity index (χ3v) is 7.81. The van der Waals surface area contributed by atoms with Gasteiger partial charge in [0.05, 0.1) is 12.3 Å². The fraction of sp³-hybridized carbons (Fsp3) is 0.379. The first-order chi connectivity index (χ1) is 17.4. The summed E-state index contributed by atoms with van der Waals surface area (Å²) in [5, 5.41) is 3.53. The number of H-pyrrole nitrogens is 1. The quantitative estimate of drug-likeness (QED) is 0.584. The van der Waals surface area contributed by atoms with E-state index in [9.17, 15) is 4.79 Å². The molecule has 0 spiro atoms. The van der Waals surface area contributed by atoms with E-state index in [-0.39, 0.29) is 5.91 Å². The molecule has 3 aliphatic heterocycles. The van der Waals surface area contributed by atoms with E-state index in [0.717, 1.165) is 54.4 Å². The fourth-order valence-corrected chi connectivity index (χ4v) is 5.95. The molecule has 1 fully saturated rings. The molecule has 3 aromatic rings. The Balaban J connectivity index is 1.32. The lowest BCUT2D eigenvalue weighted by molar-refractivity contribution is 0.0827. The molecule has 186 valence electrons. The van der Waals surface area contributed by atoms with Crippen molar-refractivity contribution >= 4 is 28.8 Å². The Labute approximate surface area is 212 Å². The molecule has 7 heteroatoms. The Bertz CT molecular complexity index is 1350. The van der Waals surface area contributed by atoms with Crippen molar-refractivity contribution in [3.8, 4) is 11.1 Å². The third-order valence-electron chi connectivity index (χ3n) is 7.81. The Morgan fingerprint density at radius 1 is 1.11 bits per heavy atom. The summed E-state index contributed by atoms with van der Waals surface area (Å²) in [6.45, 7) is 6.33. The summed E-state index contributed by atoms with van der Waals surface area (Å²) in [7, 11) is 5.78. The first-order valence-corrected chi connectivity index (χ1v) is 12.8. The van der Waals surface area contributed by atoms with Gasteiger partial charge >= 0.3 is 0 Å². The van der Waals surface area contributed by atoms with E-state index in [0.29, 0.717) is 18.2 Å². The molecule has 4 heterocycles. The number of carbonyl (C=O) groups excluding carboxylic acids is 1. The molecule has 1 aromatic heterocycles. The van der Waals surface area contributed by atoms with Gasteiger partial charge < -0.3 is 25.0 Å². The lowest BCUT2D eigenvalue weighted by Crippen LogP contribution is -2.54. The molecular formula is C29H34N6O. The van der Waals surface area contributed by atoms with Crippen molar-refractivity contribution in [1.82, 2.24) is 14.8 Å². The predicted molar refractivity (Wildman–Crippen MR) is 147 cm³/mol. The molecule has 2 aromatic carbocycles. The van der Waals surface area contributed by atoms with E-state index < -0.39 is 0 Å². The number of carbonyl (C=O) groups is 1. The molecule has 0 saturated carbocycles. The van der Waals surface area contributed by atoms with Crippen LogP contribution in [0.5, 0.6) is 0 Å². The minimum absolute atomic E-state index is 0.00490. The molecule has 0 bridgehead atoms. The first-order valence-electron chi connectivity index (χ1n) is 12.8. The molecule has 1 amide bonds. The second-order valence-corrected chi connectivity index (χ2v) is 10.6. The summed E-state index contributed by atoms with van der Waals surface area (Å²) < 4.78 is 0. The average molecular weight is 483 g/mol. The summed E-state index contributed by atoms with van der Waals surface area (Å²) in [5.41, 5.74) is 10.2. The number of likely N-dealkylation sites (N-methyl/N-ethyl adjacent to an activating group) is 1. The first kappa shape index (κ1) is 22.9. The molecule has 0 unspecified atom stereocenters. The van der Waals surface area contributed by atoms with E-state index >= 15 is 0 Å². The minimum Gasteiger partial charge on any atom is -0.366 e. The summed E-state index contributed by atoms with van der Waals surface area (Å²) in [4.78, 5) is 27.5. The zero-order valence-electron chi connectivity index (χ0n) is 21.6. The predicted octanol–water partition coefficient (Wildman–Crippen LogP) is 4.30. The van der Waals surface area contributed by atoms with Crippen LogP contribution in [0.25, 0.3) is 11.1 Å². The van der Waals surface area contributed by atoms with Crippen molar-refractivity contribution in [2.45, 2.75) is 25.8 Å². The van der Waals surface area contributed by atoms with Crippen LogP contribution in [0.1, 0.15) is 33.5 Å². The summed E-state index contributed by atoms with van der Waals surface area (Å²) >= 11 is 0. The monoisotopic (exact) mass is 482 g/mol. The van der Waals surface area contributed by atoms with E-state index in [1.54, 1.807) is 19.0 Å². The number of fused-ring (bicyclic) bond motifs is 4. The topological polar surface area (TPSA) is 67.0 Å². The molecule has 0 aliphatic carbocycles. The van der Waals surface area contributed by atoms with Crippen molar-refractivity contribution in [2.75, 3.05) is 57.5 Å². The van der Waals surface area contributed by atoms with Crippen molar-refractivity contribution in [3.63, 3.8) is 0 Å². The summed E-state index contributed by atoms with van der Waals surface area (Å²) in [6, 6.07) is 13.1. The van der Waals surface area contributed by atoms with Crippen LogP contribution in [0.15, 0.2) is 47.6 Å². The lowest BCUT2D eigenvalue weighted by atomic mass is 9.89. The van der Waals surface area contributed by atoms with Crippen LogP contribution < -0.4 is 10.2 Å². The van der Waals surface area contributed by atoms with Gasteiger partial charge in [0, 0.05) is 62.8 Å². The molecule has 6 rings (SSSR count). The minimum atomic E-state index is 0.00490. The van der Waals surface area contributed by atoms with Crippen LogP contribution >= 0.6 is 0 Å². The number of aromatic nitrogens is 1. The van der Waals surface area contributed by atoms with E-state index in [1.807, 2.05) is 30.5 Å². The molecule has 1 atom stereocenters. The van der Waals surface area contributed by atoms with Crippen LogP contribution in [-0.2, 0) is 6.42 Å². The van der Waals surface area contributed by atoms with Gasteiger partial charge in [-0.2, -0.15) is 0 Å². The highest BCUT2D eigenvalue weighted by atomic mass is 16.2. The van der Waals surface area contributed by atoms with Gasteiger partial charge in [-0.15, -0.1) is 0 Å². The number of hydrogen-bond acceptors (Lipinski definition) is 5. The number of aliphatic imine (C=N–C) groups is 1. The smallest absolute Gasteiger partial charge is 0.253 e. The van der Waals surface area contributed by atoms with Gasteiger partial charge in [0.2, 0.25) is 0 Å². The third kappa shape index (κ3) is 3.88. The number of anilines is 2. The molecular weight excluding hydrogens is 448 g/mol. The highest BCUT2D eigenvalue weighted by Crippen LogP contribution is 2.40. The van der Waals surface area contributed by atoms with Crippen LogP contribution in [0.3, 0.4) is 0 Å². The van der Waals surface area contributed by atoms with Gasteiger partial charge in [-0.1, -0.05) is 12.1 Å². The number of rotatable bonds is 3. The number of benzene rings is 2. The van der Waals surface area contributed by atoms with Gasteiger partial charge in [-0.3, -0.25) is 4.79 Å². The van der Waals surface area contributed by atoms with E-state index in [2.05, 4.69) is 46.2 Å². The van der Waals surface area contributed by atoms with Gasteiger partial charge in [0.1, 0.15) is 11.5 Å². The summed E-state index contributed by atoms with van der Waals surface area (Å²) in [6.07, 6.45) is 4.33. The van der Waals surface area contributed by atoms with Gasteiger partial charge in [-0.05, 0) is 73.3 Å².